The second-order valence-corrected chi connectivity index (χ2v) is 9.44. The fraction of sp³-hybridized carbons (Fsp3) is 0.0833. The molecule has 0 fully saturated rings. The minimum atomic E-state index is -0.542. The quantitative estimate of drug-likeness (QED) is 0.259. The van der Waals surface area contributed by atoms with E-state index in [2.05, 4.69) is 20.8 Å². The highest BCUT2D eigenvalue weighted by atomic mass is 35.5. The first kappa shape index (κ1) is 24.5. The number of hydrogen-bond acceptors (Lipinski definition) is 7. The number of aromatic hydroxyl groups is 1. The number of anilines is 3. The number of rotatable bonds is 6. The van der Waals surface area contributed by atoms with Crippen LogP contribution in [-0.4, -0.2) is 41.2 Å². The lowest BCUT2D eigenvalue weighted by molar-refractivity contribution is 0.103. The van der Waals surface area contributed by atoms with Gasteiger partial charge in [0, 0.05) is 41.6 Å². The maximum absolute atomic E-state index is 12.7. The molecule has 178 valence electrons. The Labute approximate surface area is 215 Å². The Morgan fingerprint density at radius 3 is 2.17 bits per heavy atom. The molecular formula is C24H19Cl2N5O3S. The summed E-state index contributed by atoms with van der Waals surface area (Å²) in [6, 6.07) is 16.3. The topological polar surface area (TPSA) is 107 Å². The molecule has 0 aliphatic heterocycles. The van der Waals surface area contributed by atoms with Crippen molar-refractivity contribution in [2.24, 2.45) is 0 Å². The number of carbonyl (C=O) groups is 2. The van der Waals surface area contributed by atoms with Gasteiger partial charge in [-0.05, 0) is 60.7 Å². The zero-order chi connectivity index (χ0) is 25.1. The van der Waals surface area contributed by atoms with Gasteiger partial charge in [-0.15, -0.1) is 10.2 Å². The van der Waals surface area contributed by atoms with Gasteiger partial charge >= 0.3 is 6.03 Å². The summed E-state index contributed by atoms with van der Waals surface area (Å²) in [4.78, 5) is 27.1. The molecule has 11 heteroatoms. The van der Waals surface area contributed by atoms with E-state index in [1.807, 2.05) is 31.1 Å². The Morgan fingerprint density at radius 1 is 0.914 bits per heavy atom. The van der Waals surface area contributed by atoms with Gasteiger partial charge in [0.05, 0.1) is 10.6 Å². The molecule has 0 bridgehead atoms. The molecular weight excluding hydrogens is 509 g/mol. The van der Waals surface area contributed by atoms with Crippen molar-refractivity contribution < 1.29 is 14.7 Å². The van der Waals surface area contributed by atoms with Crippen LogP contribution in [0.15, 0.2) is 60.7 Å². The highest BCUT2D eigenvalue weighted by Crippen LogP contribution is 2.39. The Kier molecular flexibility index (Phi) is 7.20. The molecule has 1 heterocycles. The predicted octanol–water partition coefficient (Wildman–Crippen LogP) is 6.16. The van der Waals surface area contributed by atoms with Gasteiger partial charge in [0.15, 0.2) is 10.8 Å². The van der Waals surface area contributed by atoms with Gasteiger partial charge in [-0.25, -0.2) is 4.79 Å². The Hall–Kier alpha value is -3.66. The summed E-state index contributed by atoms with van der Waals surface area (Å²) < 4.78 is 0. The number of aromatic nitrogens is 2. The normalized spacial score (nSPS) is 10.6. The SMILES string of the molecule is CN(C)c1ccc(C(=O)c2ccc(NC(=O)Nc3nnc(-c4cc(Cl)cc(Cl)c4O)s3)cc2)cc1. The third-order valence-electron chi connectivity index (χ3n) is 4.95. The van der Waals surface area contributed by atoms with Gasteiger partial charge in [0.1, 0.15) is 5.75 Å². The summed E-state index contributed by atoms with van der Waals surface area (Å²) >= 11 is 13.0. The van der Waals surface area contributed by atoms with Crippen LogP contribution >= 0.6 is 34.5 Å². The van der Waals surface area contributed by atoms with Crippen LogP contribution in [0.25, 0.3) is 10.6 Å². The Bertz CT molecular complexity index is 1390. The van der Waals surface area contributed by atoms with E-state index in [0.29, 0.717) is 32.4 Å². The average molecular weight is 528 g/mol. The number of carbonyl (C=O) groups excluding carboxylic acids is 2. The van der Waals surface area contributed by atoms with Crippen molar-refractivity contribution in [2.45, 2.75) is 0 Å². The zero-order valence-corrected chi connectivity index (χ0v) is 20.9. The van der Waals surface area contributed by atoms with E-state index in [9.17, 15) is 14.7 Å². The second kappa shape index (κ2) is 10.3. The van der Waals surface area contributed by atoms with Crippen LogP contribution in [0.1, 0.15) is 15.9 Å². The van der Waals surface area contributed by atoms with Gasteiger partial charge in [-0.1, -0.05) is 34.5 Å². The summed E-state index contributed by atoms with van der Waals surface area (Å²) in [5.41, 5.74) is 2.88. The molecule has 4 rings (SSSR count). The molecule has 4 aromatic rings. The molecule has 2 amide bonds. The van der Waals surface area contributed by atoms with E-state index < -0.39 is 6.03 Å². The van der Waals surface area contributed by atoms with Crippen LogP contribution in [0.2, 0.25) is 10.0 Å². The van der Waals surface area contributed by atoms with Crippen LogP contribution in [-0.2, 0) is 0 Å². The molecule has 8 nitrogen and oxygen atoms in total. The number of phenols is 1. The zero-order valence-electron chi connectivity index (χ0n) is 18.5. The first-order valence-corrected chi connectivity index (χ1v) is 11.8. The Morgan fingerprint density at radius 2 is 1.54 bits per heavy atom. The molecule has 3 N–H and O–H groups in total. The van der Waals surface area contributed by atoms with Crippen molar-refractivity contribution in [3.8, 4) is 16.3 Å². The summed E-state index contributed by atoms with van der Waals surface area (Å²) in [6.45, 7) is 0. The summed E-state index contributed by atoms with van der Waals surface area (Å²) in [5, 5.41) is 24.3. The fourth-order valence-corrected chi connectivity index (χ4v) is 4.40. The highest BCUT2D eigenvalue weighted by Gasteiger charge is 2.16. The molecule has 1 aromatic heterocycles. The summed E-state index contributed by atoms with van der Waals surface area (Å²) in [6.07, 6.45) is 0. The van der Waals surface area contributed by atoms with Crippen LogP contribution in [0.3, 0.4) is 0 Å². The van der Waals surface area contributed by atoms with Crippen LogP contribution in [0, 0.1) is 0 Å². The number of halogens is 2. The molecule has 0 atom stereocenters. The summed E-state index contributed by atoms with van der Waals surface area (Å²) in [7, 11) is 3.87. The highest BCUT2D eigenvalue weighted by molar-refractivity contribution is 7.18. The molecule has 0 saturated heterocycles. The monoisotopic (exact) mass is 527 g/mol. The van der Waals surface area contributed by atoms with E-state index in [4.69, 9.17) is 23.2 Å². The van der Waals surface area contributed by atoms with Gasteiger partial charge in [-0.3, -0.25) is 10.1 Å². The van der Waals surface area contributed by atoms with Crippen molar-refractivity contribution in [1.82, 2.24) is 10.2 Å². The average Bonchev–Trinajstić information content (AvgIpc) is 3.29. The van der Waals surface area contributed by atoms with Crippen molar-refractivity contribution in [3.05, 3.63) is 81.8 Å². The number of urea groups is 1. The number of amides is 2. The number of ketones is 1. The smallest absolute Gasteiger partial charge is 0.325 e. The third kappa shape index (κ3) is 5.71. The number of phenolic OH excluding ortho intramolecular Hbond substituents is 1. The number of nitrogens with one attached hydrogen (secondary N) is 2. The molecule has 0 unspecified atom stereocenters. The van der Waals surface area contributed by atoms with E-state index >= 15 is 0 Å². The van der Waals surface area contributed by atoms with E-state index in [0.717, 1.165) is 17.0 Å². The van der Waals surface area contributed by atoms with Gasteiger partial charge in [0.25, 0.3) is 0 Å². The number of nitrogens with zero attached hydrogens (tertiary/aromatic N) is 3. The Balaban J connectivity index is 1.39. The van der Waals surface area contributed by atoms with E-state index in [1.165, 1.54) is 12.1 Å². The molecule has 0 spiro atoms. The van der Waals surface area contributed by atoms with Crippen LogP contribution < -0.4 is 15.5 Å². The maximum Gasteiger partial charge on any atom is 0.325 e. The van der Waals surface area contributed by atoms with Crippen LogP contribution in [0.4, 0.5) is 21.3 Å². The van der Waals surface area contributed by atoms with Crippen LogP contribution in [0.5, 0.6) is 5.75 Å². The van der Waals surface area contributed by atoms with E-state index in [1.54, 1.807) is 36.4 Å². The number of hydrogen-bond donors (Lipinski definition) is 3. The largest absolute Gasteiger partial charge is 0.506 e. The minimum Gasteiger partial charge on any atom is -0.506 e. The molecule has 0 saturated carbocycles. The van der Waals surface area contributed by atoms with Crippen molar-refractivity contribution in [3.63, 3.8) is 0 Å². The lowest BCUT2D eigenvalue weighted by atomic mass is 10.0. The first-order valence-electron chi connectivity index (χ1n) is 10.2. The predicted molar refractivity (Wildman–Crippen MR) is 140 cm³/mol. The molecule has 35 heavy (non-hydrogen) atoms. The standard InChI is InChI=1S/C24H19Cl2N5O3S/c1-31(2)17-9-5-14(6-10-17)20(32)13-3-7-16(8-4-13)27-23(34)28-24-30-29-22(35-24)18-11-15(25)12-19(26)21(18)33/h3-12,33H,1-2H3,(H2,27,28,30,34). The van der Waals surface area contributed by atoms with Gasteiger partial charge < -0.3 is 15.3 Å². The lowest BCUT2D eigenvalue weighted by Gasteiger charge is -2.12. The van der Waals surface area contributed by atoms with E-state index in [-0.39, 0.29) is 21.7 Å². The molecule has 3 aromatic carbocycles. The van der Waals surface area contributed by atoms with Crippen molar-refractivity contribution >= 4 is 62.9 Å². The molecule has 0 aliphatic carbocycles. The van der Waals surface area contributed by atoms with Gasteiger partial charge in [0.2, 0.25) is 5.13 Å². The second-order valence-electron chi connectivity index (χ2n) is 7.62. The molecule has 0 radical (unpaired) electrons. The van der Waals surface area contributed by atoms with Crippen molar-refractivity contribution in [2.75, 3.05) is 29.6 Å². The molecule has 0 aliphatic rings. The number of benzene rings is 3. The minimum absolute atomic E-state index is 0.0856. The maximum atomic E-state index is 12.7. The van der Waals surface area contributed by atoms with Gasteiger partial charge in [-0.2, -0.15) is 0 Å². The fourth-order valence-electron chi connectivity index (χ4n) is 3.15. The lowest BCUT2D eigenvalue weighted by Crippen LogP contribution is -2.19. The summed E-state index contributed by atoms with van der Waals surface area (Å²) in [5.74, 6) is -0.288. The third-order valence-corrected chi connectivity index (χ3v) is 6.33. The first-order chi connectivity index (χ1) is 16.7. The van der Waals surface area contributed by atoms with Crippen molar-refractivity contribution in [1.29, 1.82) is 0 Å².